The molecule has 3 aromatic carbocycles. The molecule has 0 radical (unpaired) electrons. The van der Waals surface area contributed by atoms with Crippen LogP contribution in [-0.4, -0.2) is 22.5 Å². The van der Waals surface area contributed by atoms with Crippen LogP contribution in [0, 0.1) is 0 Å². The van der Waals surface area contributed by atoms with Crippen molar-refractivity contribution in [1.29, 1.82) is 0 Å². The van der Waals surface area contributed by atoms with Gasteiger partial charge >= 0.3 is 0 Å². The summed E-state index contributed by atoms with van der Waals surface area (Å²) in [4.78, 5) is 0.901. The Morgan fingerprint density at radius 2 is 1.26 bits per heavy atom. The molecule has 0 aliphatic rings. The van der Waals surface area contributed by atoms with E-state index in [0.717, 1.165) is 17.9 Å². The molecule has 0 aromatic heterocycles. The summed E-state index contributed by atoms with van der Waals surface area (Å²) < 4.78 is 12.5. The molecule has 0 spiro atoms. The van der Waals surface area contributed by atoms with Crippen molar-refractivity contribution in [2.75, 3.05) is 12.3 Å². The number of benzene rings is 3. The summed E-state index contributed by atoms with van der Waals surface area (Å²) in [6, 6.07) is 31.2. The van der Waals surface area contributed by atoms with Crippen molar-refractivity contribution >= 4 is 10.8 Å². The summed E-state index contributed by atoms with van der Waals surface area (Å²) in [5, 5.41) is 3.56. The van der Waals surface area contributed by atoms with Crippen LogP contribution in [0.4, 0.5) is 0 Å². The molecule has 3 aromatic rings. The molecule has 27 heavy (non-hydrogen) atoms. The molecule has 0 bridgehead atoms. The highest BCUT2D eigenvalue weighted by atomic mass is 32.2. The topological polar surface area (TPSA) is 29.1 Å². The maximum absolute atomic E-state index is 12.5. The van der Waals surface area contributed by atoms with Crippen molar-refractivity contribution in [3.8, 4) is 0 Å². The van der Waals surface area contributed by atoms with E-state index in [0.29, 0.717) is 11.7 Å². The highest BCUT2D eigenvalue weighted by Crippen LogP contribution is 2.27. The molecule has 3 heteroatoms. The third-order valence-corrected chi connectivity index (χ3v) is 6.34. The van der Waals surface area contributed by atoms with Crippen LogP contribution in [0.3, 0.4) is 0 Å². The predicted octanol–water partition coefficient (Wildman–Crippen LogP) is 4.99. The van der Waals surface area contributed by atoms with Crippen LogP contribution in [0.15, 0.2) is 95.9 Å². The lowest BCUT2D eigenvalue weighted by molar-refractivity contribution is 0.551. The quantitative estimate of drug-likeness (QED) is 0.569. The molecule has 140 valence electrons. The lowest BCUT2D eigenvalue weighted by Gasteiger charge is -2.20. The first-order chi connectivity index (χ1) is 13.2. The first-order valence-corrected chi connectivity index (χ1v) is 10.8. The largest absolute Gasteiger partial charge is 0.313 e. The van der Waals surface area contributed by atoms with Gasteiger partial charge in [-0.3, -0.25) is 4.21 Å². The van der Waals surface area contributed by atoms with Gasteiger partial charge in [-0.1, -0.05) is 78.9 Å². The van der Waals surface area contributed by atoms with E-state index in [-0.39, 0.29) is 6.04 Å². The second kappa shape index (κ2) is 10.2. The molecule has 1 N–H and O–H groups in total. The third-order valence-electron chi connectivity index (χ3n) is 4.74. The molecule has 0 saturated heterocycles. The zero-order chi connectivity index (χ0) is 18.9. The SMILES string of the molecule is CC(CS(=O)c1ccccc1)NCCC(c1ccccc1)c1ccccc1. The zero-order valence-electron chi connectivity index (χ0n) is 15.8. The van der Waals surface area contributed by atoms with Gasteiger partial charge in [0.2, 0.25) is 0 Å². The lowest BCUT2D eigenvalue weighted by Crippen LogP contribution is -2.32. The Labute approximate surface area is 165 Å². The number of hydrogen-bond acceptors (Lipinski definition) is 2. The second-order valence-corrected chi connectivity index (χ2v) is 8.34. The fourth-order valence-corrected chi connectivity index (χ4v) is 4.55. The fraction of sp³-hybridized carbons (Fsp3) is 0.250. The van der Waals surface area contributed by atoms with Crippen LogP contribution >= 0.6 is 0 Å². The minimum atomic E-state index is -0.962. The van der Waals surface area contributed by atoms with Crippen molar-refractivity contribution in [2.24, 2.45) is 0 Å². The van der Waals surface area contributed by atoms with Crippen molar-refractivity contribution in [1.82, 2.24) is 5.32 Å². The Morgan fingerprint density at radius 3 is 1.78 bits per heavy atom. The van der Waals surface area contributed by atoms with Gasteiger partial charge in [0, 0.05) is 22.6 Å². The van der Waals surface area contributed by atoms with Crippen molar-refractivity contribution in [3.05, 3.63) is 102 Å². The summed E-state index contributed by atoms with van der Waals surface area (Å²) in [7, 11) is -0.962. The standard InChI is InChI=1S/C24H27NOS/c1-20(19-27(26)23-15-9-4-10-16-23)25-18-17-24(21-11-5-2-6-12-21)22-13-7-3-8-14-22/h2-16,20,24-25H,17-19H2,1H3. The smallest absolute Gasteiger partial charge is 0.0545 e. The van der Waals surface area contributed by atoms with Gasteiger partial charge in [0.15, 0.2) is 0 Å². The zero-order valence-corrected chi connectivity index (χ0v) is 16.6. The molecule has 0 aliphatic carbocycles. The molecular formula is C24H27NOS. The summed E-state index contributed by atoms with van der Waals surface area (Å²) >= 11 is 0. The average molecular weight is 378 g/mol. The second-order valence-electron chi connectivity index (χ2n) is 6.84. The van der Waals surface area contributed by atoms with Gasteiger partial charge < -0.3 is 5.32 Å². The van der Waals surface area contributed by atoms with E-state index >= 15 is 0 Å². The van der Waals surface area contributed by atoms with Crippen molar-refractivity contribution in [2.45, 2.75) is 30.2 Å². The van der Waals surface area contributed by atoms with E-state index in [1.165, 1.54) is 11.1 Å². The lowest BCUT2D eigenvalue weighted by atomic mass is 9.88. The molecule has 2 unspecified atom stereocenters. The first kappa shape index (κ1) is 19.5. The Bertz CT molecular complexity index is 781. The van der Waals surface area contributed by atoms with Crippen LogP contribution in [0.2, 0.25) is 0 Å². The van der Waals surface area contributed by atoms with Crippen molar-refractivity contribution < 1.29 is 4.21 Å². The predicted molar refractivity (Wildman–Crippen MR) is 115 cm³/mol. The van der Waals surface area contributed by atoms with Crippen LogP contribution in [-0.2, 0) is 10.8 Å². The summed E-state index contributed by atoms with van der Waals surface area (Å²) in [6.45, 7) is 3.00. The highest BCUT2D eigenvalue weighted by molar-refractivity contribution is 7.85. The van der Waals surface area contributed by atoms with Gasteiger partial charge in [-0.2, -0.15) is 0 Å². The van der Waals surface area contributed by atoms with E-state index in [1.54, 1.807) is 0 Å². The Hall–Kier alpha value is -2.23. The van der Waals surface area contributed by atoms with E-state index < -0.39 is 10.8 Å². The van der Waals surface area contributed by atoms with Gasteiger partial charge in [0.25, 0.3) is 0 Å². The van der Waals surface area contributed by atoms with E-state index in [1.807, 2.05) is 30.3 Å². The molecule has 0 heterocycles. The maximum Gasteiger partial charge on any atom is 0.0545 e. The van der Waals surface area contributed by atoms with Crippen LogP contribution in [0.5, 0.6) is 0 Å². The molecule has 0 saturated carbocycles. The molecule has 3 rings (SSSR count). The molecule has 0 aliphatic heterocycles. The summed E-state index contributed by atoms with van der Waals surface area (Å²) in [5.74, 6) is 0.998. The van der Waals surface area contributed by atoms with Gasteiger partial charge in [-0.05, 0) is 43.1 Å². The van der Waals surface area contributed by atoms with E-state index in [9.17, 15) is 4.21 Å². The normalized spacial score (nSPS) is 13.4. The van der Waals surface area contributed by atoms with Crippen LogP contribution in [0.1, 0.15) is 30.4 Å². The monoisotopic (exact) mass is 377 g/mol. The molecule has 2 atom stereocenters. The molecule has 2 nitrogen and oxygen atoms in total. The van der Waals surface area contributed by atoms with Gasteiger partial charge in [-0.15, -0.1) is 0 Å². The minimum absolute atomic E-state index is 0.207. The van der Waals surface area contributed by atoms with Crippen LogP contribution < -0.4 is 5.32 Å². The number of rotatable bonds is 9. The third kappa shape index (κ3) is 5.88. The molecular weight excluding hydrogens is 350 g/mol. The van der Waals surface area contributed by atoms with Gasteiger partial charge in [0.05, 0.1) is 10.8 Å². The van der Waals surface area contributed by atoms with E-state index in [4.69, 9.17) is 0 Å². The van der Waals surface area contributed by atoms with E-state index in [2.05, 4.69) is 72.9 Å². The van der Waals surface area contributed by atoms with Gasteiger partial charge in [0.1, 0.15) is 0 Å². The van der Waals surface area contributed by atoms with Crippen LogP contribution in [0.25, 0.3) is 0 Å². The van der Waals surface area contributed by atoms with Gasteiger partial charge in [-0.25, -0.2) is 0 Å². The Balaban J connectivity index is 1.57. The molecule has 0 fully saturated rings. The summed E-state index contributed by atoms with van der Waals surface area (Å²) in [6.07, 6.45) is 1.01. The number of nitrogens with one attached hydrogen (secondary N) is 1. The fourth-order valence-electron chi connectivity index (χ4n) is 3.33. The minimum Gasteiger partial charge on any atom is -0.313 e. The Morgan fingerprint density at radius 1 is 0.778 bits per heavy atom. The Kier molecular flexibility index (Phi) is 7.37. The number of hydrogen-bond donors (Lipinski definition) is 1. The first-order valence-electron chi connectivity index (χ1n) is 9.50. The average Bonchev–Trinajstić information content (AvgIpc) is 2.73. The molecule has 0 amide bonds. The highest BCUT2D eigenvalue weighted by Gasteiger charge is 2.15. The van der Waals surface area contributed by atoms with Crippen molar-refractivity contribution in [3.63, 3.8) is 0 Å². The maximum atomic E-state index is 12.5. The summed E-state index contributed by atoms with van der Waals surface area (Å²) in [5.41, 5.74) is 2.68.